The van der Waals surface area contributed by atoms with Gasteiger partial charge in [0.1, 0.15) is 11.5 Å². The molecule has 1 aliphatic rings. The summed E-state index contributed by atoms with van der Waals surface area (Å²) in [6.07, 6.45) is 6.16. The first-order valence-corrected chi connectivity index (χ1v) is 7.85. The molecule has 1 aromatic heterocycles. The third-order valence-corrected chi connectivity index (χ3v) is 4.05. The Morgan fingerprint density at radius 1 is 1.21 bits per heavy atom. The minimum absolute atomic E-state index is 0.660. The molecule has 3 nitrogen and oxygen atoms in total. The Kier molecular flexibility index (Phi) is 5.93. The molecule has 3 heteroatoms. The van der Waals surface area contributed by atoms with E-state index in [1.807, 2.05) is 0 Å². The number of nitrogens with zero attached hydrogens (tertiary/aromatic N) is 1. The van der Waals surface area contributed by atoms with Crippen molar-refractivity contribution in [2.45, 2.75) is 58.5 Å². The van der Waals surface area contributed by atoms with Gasteiger partial charge in [-0.2, -0.15) is 0 Å². The molecule has 0 bridgehead atoms. The number of rotatable bonds is 7. The largest absolute Gasteiger partial charge is 0.465 e. The van der Waals surface area contributed by atoms with Crippen molar-refractivity contribution in [2.24, 2.45) is 0 Å². The lowest BCUT2D eigenvalue weighted by atomic mass is 10.0. The molecule has 0 radical (unpaired) electrons. The van der Waals surface area contributed by atoms with Gasteiger partial charge in [0.25, 0.3) is 0 Å². The van der Waals surface area contributed by atoms with Crippen molar-refractivity contribution in [3.63, 3.8) is 0 Å². The lowest BCUT2D eigenvalue weighted by molar-refractivity contribution is 0.193. The van der Waals surface area contributed by atoms with Crippen LogP contribution in [0.5, 0.6) is 0 Å². The van der Waals surface area contributed by atoms with E-state index in [1.54, 1.807) is 0 Å². The van der Waals surface area contributed by atoms with Crippen molar-refractivity contribution >= 4 is 0 Å². The van der Waals surface area contributed by atoms with E-state index >= 15 is 0 Å². The molecular formula is C16H28N2O. The van der Waals surface area contributed by atoms with E-state index in [9.17, 15) is 0 Å². The average Bonchev–Trinajstić information content (AvgIpc) is 2.92. The number of likely N-dealkylation sites (tertiary alicyclic amines) is 1. The van der Waals surface area contributed by atoms with Crippen LogP contribution in [0, 0.1) is 0 Å². The maximum absolute atomic E-state index is 5.73. The zero-order chi connectivity index (χ0) is 13.5. The van der Waals surface area contributed by atoms with Gasteiger partial charge in [-0.3, -0.25) is 0 Å². The van der Waals surface area contributed by atoms with Crippen LogP contribution >= 0.6 is 0 Å². The van der Waals surface area contributed by atoms with Gasteiger partial charge in [0.15, 0.2) is 0 Å². The van der Waals surface area contributed by atoms with E-state index in [4.69, 9.17) is 4.42 Å². The molecular weight excluding hydrogens is 236 g/mol. The Morgan fingerprint density at radius 3 is 2.58 bits per heavy atom. The van der Waals surface area contributed by atoms with E-state index in [2.05, 4.69) is 36.2 Å². The predicted molar refractivity (Wildman–Crippen MR) is 79.3 cm³/mol. The van der Waals surface area contributed by atoms with Gasteiger partial charge in [-0.05, 0) is 51.0 Å². The molecule has 0 aliphatic carbocycles. The number of aryl methyl sites for hydroxylation is 1. The van der Waals surface area contributed by atoms with Crippen molar-refractivity contribution in [3.8, 4) is 0 Å². The van der Waals surface area contributed by atoms with Crippen LogP contribution in [0.1, 0.15) is 51.1 Å². The van der Waals surface area contributed by atoms with Gasteiger partial charge >= 0.3 is 0 Å². The summed E-state index contributed by atoms with van der Waals surface area (Å²) < 4.78 is 5.73. The first-order chi connectivity index (χ1) is 9.31. The Labute approximate surface area is 117 Å². The summed E-state index contributed by atoms with van der Waals surface area (Å²) in [7, 11) is 0. The molecule has 0 aromatic carbocycles. The highest BCUT2D eigenvalue weighted by atomic mass is 16.3. The normalized spacial score (nSPS) is 18.0. The summed E-state index contributed by atoms with van der Waals surface area (Å²) in [5.74, 6) is 2.16. The van der Waals surface area contributed by atoms with Crippen molar-refractivity contribution in [2.75, 3.05) is 19.6 Å². The molecule has 0 spiro atoms. The lowest BCUT2D eigenvalue weighted by Crippen LogP contribution is -2.42. The van der Waals surface area contributed by atoms with Gasteiger partial charge in [0.2, 0.25) is 0 Å². The van der Waals surface area contributed by atoms with E-state index in [1.165, 1.54) is 45.3 Å². The predicted octanol–water partition coefficient (Wildman–Crippen LogP) is 3.20. The number of piperidine rings is 1. The van der Waals surface area contributed by atoms with Crippen LogP contribution in [0.15, 0.2) is 16.5 Å². The molecule has 0 amide bonds. The van der Waals surface area contributed by atoms with Crippen LogP contribution in [-0.2, 0) is 13.0 Å². The Balaban J connectivity index is 1.65. The summed E-state index contributed by atoms with van der Waals surface area (Å²) >= 11 is 0. The molecule has 1 saturated heterocycles. The number of hydrogen-bond acceptors (Lipinski definition) is 3. The molecule has 0 atom stereocenters. The van der Waals surface area contributed by atoms with Gasteiger partial charge in [0, 0.05) is 12.5 Å². The second kappa shape index (κ2) is 7.71. The van der Waals surface area contributed by atoms with Gasteiger partial charge < -0.3 is 14.6 Å². The highest BCUT2D eigenvalue weighted by Crippen LogP contribution is 2.13. The van der Waals surface area contributed by atoms with Crippen LogP contribution in [0.2, 0.25) is 0 Å². The Hall–Kier alpha value is -0.800. The third kappa shape index (κ3) is 4.66. The van der Waals surface area contributed by atoms with E-state index in [0.717, 1.165) is 24.5 Å². The molecule has 1 aliphatic heterocycles. The molecule has 1 fully saturated rings. The maximum atomic E-state index is 5.73. The van der Waals surface area contributed by atoms with Crippen LogP contribution in [0.3, 0.4) is 0 Å². The Morgan fingerprint density at radius 2 is 1.95 bits per heavy atom. The fourth-order valence-corrected chi connectivity index (χ4v) is 2.69. The van der Waals surface area contributed by atoms with Crippen LogP contribution in [-0.4, -0.2) is 30.6 Å². The first-order valence-electron chi connectivity index (χ1n) is 7.85. The molecule has 0 unspecified atom stereocenters. The first kappa shape index (κ1) is 14.6. The molecule has 19 heavy (non-hydrogen) atoms. The van der Waals surface area contributed by atoms with Gasteiger partial charge in [0.05, 0.1) is 6.54 Å². The average molecular weight is 264 g/mol. The number of nitrogens with one attached hydrogen (secondary N) is 1. The quantitative estimate of drug-likeness (QED) is 0.820. The highest BCUT2D eigenvalue weighted by molar-refractivity contribution is 5.06. The summed E-state index contributed by atoms with van der Waals surface area (Å²) in [5, 5.41) is 3.63. The summed E-state index contributed by atoms with van der Waals surface area (Å²) in [4.78, 5) is 2.60. The van der Waals surface area contributed by atoms with Crippen LogP contribution in [0.4, 0.5) is 0 Å². The topological polar surface area (TPSA) is 28.4 Å². The molecule has 1 aromatic rings. The monoisotopic (exact) mass is 264 g/mol. The summed E-state index contributed by atoms with van der Waals surface area (Å²) in [6.45, 7) is 9.04. The fraction of sp³-hybridized carbons (Fsp3) is 0.750. The standard InChI is InChI=1S/C16H28N2O/c1-3-5-10-18-11-8-14(9-12-18)17-13-16-7-6-15(4-2)19-16/h6-7,14,17H,3-5,8-13H2,1-2H3. The zero-order valence-corrected chi connectivity index (χ0v) is 12.5. The van der Waals surface area contributed by atoms with Gasteiger partial charge in [-0.25, -0.2) is 0 Å². The number of unbranched alkanes of at least 4 members (excludes halogenated alkanes) is 1. The summed E-state index contributed by atoms with van der Waals surface area (Å²) in [5.41, 5.74) is 0. The van der Waals surface area contributed by atoms with Gasteiger partial charge in [-0.1, -0.05) is 20.3 Å². The molecule has 0 saturated carbocycles. The van der Waals surface area contributed by atoms with Crippen molar-refractivity contribution in [1.29, 1.82) is 0 Å². The number of furan rings is 1. The van der Waals surface area contributed by atoms with E-state index < -0.39 is 0 Å². The SMILES string of the molecule is CCCCN1CCC(NCc2ccc(CC)o2)CC1. The van der Waals surface area contributed by atoms with Crippen LogP contribution < -0.4 is 5.32 Å². The van der Waals surface area contributed by atoms with E-state index in [0.29, 0.717) is 6.04 Å². The third-order valence-electron chi connectivity index (χ3n) is 4.05. The smallest absolute Gasteiger partial charge is 0.117 e. The van der Waals surface area contributed by atoms with Crippen molar-refractivity contribution < 1.29 is 4.42 Å². The minimum Gasteiger partial charge on any atom is -0.465 e. The van der Waals surface area contributed by atoms with Crippen molar-refractivity contribution in [1.82, 2.24) is 10.2 Å². The molecule has 108 valence electrons. The Bertz CT molecular complexity index is 353. The van der Waals surface area contributed by atoms with Gasteiger partial charge in [-0.15, -0.1) is 0 Å². The zero-order valence-electron chi connectivity index (χ0n) is 12.5. The van der Waals surface area contributed by atoms with Crippen molar-refractivity contribution in [3.05, 3.63) is 23.7 Å². The molecule has 1 N–H and O–H groups in total. The highest BCUT2D eigenvalue weighted by Gasteiger charge is 2.18. The number of hydrogen-bond donors (Lipinski definition) is 1. The second-order valence-electron chi connectivity index (χ2n) is 5.57. The lowest BCUT2D eigenvalue weighted by Gasteiger charge is -2.32. The maximum Gasteiger partial charge on any atom is 0.117 e. The second-order valence-corrected chi connectivity index (χ2v) is 5.57. The summed E-state index contributed by atoms with van der Waals surface area (Å²) in [6, 6.07) is 4.85. The minimum atomic E-state index is 0.660. The van der Waals surface area contributed by atoms with Crippen LogP contribution in [0.25, 0.3) is 0 Å². The molecule has 2 rings (SSSR count). The molecule has 2 heterocycles. The fourth-order valence-electron chi connectivity index (χ4n) is 2.69. The van der Waals surface area contributed by atoms with E-state index in [-0.39, 0.29) is 0 Å².